The number of benzene rings is 2. The lowest BCUT2D eigenvalue weighted by atomic mass is 10.2. The molecule has 1 unspecified atom stereocenters. The molecule has 0 spiro atoms. The number of likely N-dealkylation sites (N-methyl/N-ethyl adjacent to an activating group) is 1. The van der Waals surface area contributed by atoms with E-state index in [2.05, 4.69) is 10.3 Å². The highest BCUT2D eigenvalue weighted by Gasteiger charge is 2.21. The first-order chi connectivity index (χ1) is 16.4. The lowest BCUT2D eigenvalue weighted by Crippen LogP contribution is -2.36. The van der Waals surface area contributed by atoms with Crippen LogP contribution in [0.15, 0.2) is 58.5 Å². The van der Waals surface area contributed by atoms with E-state index in [4.69, 9.17) is 4.74 Å². The van der Waals surface area contributed by atoms with Gasteiger partial charge >= 0.3 is 0 Å². The van der Waals surface area contributed by atoms with Gasteiger partial charge in [-0.1, -0.05) is 41.6 Å². The van der Waals surface area contributed by atoms with Gasteiger partial charge < -0.3 is 15.0 Å². The van der Waals surface area contributed by atoms with E-state index < -0.39 is 0 Å². The molecule has 0 saturated carbocycles. The molecule has 9 heteroatoms. The van der Waals surface area contributed by atoms with Gasteiger partial charge in [0.05, 0.1) is 35.8 Å². The highest BCUT2D eigenvalue weighted by molar-refractivity contribution is 7.99. The van der Waals surface area contributed by atoms with E-state index in [0.29, 0.717) is 34.9 Å². The van der Waals surface area contributed by atoms with Gasteiger partial charge in [0.1, 0.15) is 0 Å². The Kier molecular flexibility index (Phi) is 7.64. The van der Waals surface area contributed by atoms with Crippen LogP contribution in [-0.4, -0.2) is 58.3 Å². The van der Waals surface area contributed by atoms with E-state index in [1.54, 1.807) is 23.7 Å². The monoisotopic (exact) mass is 480 g/mol. The van der Waals surface area contributed by atoms with Gasteiger partial charge in [0.2, 0.25) is 11.8 Å². The predicted molar refractivity (Wildman–Crippen MR) is 133 cm³/mol. The molecular weight excluding hydrogens is 452 g/mol. The summed E-state index contributed by atoms with van der Waals surface area (Å²) >= 11 is 1.20. The summed E-state index contributed by atoms with van der Waals surface area (Å²) in [4.78, 5) is 44.3. The molecule has 1 aliphatic heterocycles. The maximum Gasteiger partial charge on any atom is 0.262 e. The smallest absolute Gasteiger partial charge is 0.262 e. The van der Waals surface area contributed by atoms with Gasteiger partial charge in [0.15, 0.2) is 5.16 Å². The lowest BCUT2D eigenvalue weighted by molar-refractivity contribution is -0.131. The van der Waals surface area contributed by atoms with Crippen molar-refractivity contribution < 1.29 is 14.3 Å². The highest BCUT2D eigenvalue weighted by Crippen LogP contribution is 2.21. The molecule has 3 aromatic rings. The Hall–Kier alpha value is -3.17. The van der Waals surface area contributed by atoms with E-state index in [1.165, 1.54) is 16.7 Å². The summed E-state index contributed by atoms with van der Waals surface area (Å²) in [5, 5.41) is 3.81. The largest absolute Gasteiger partial charge is 0.376 e. The normalized spacial score (nSPS) is 15.4. The SMILES string of the molecule is Cc1ccc(NC(=O)CN(C)C(=O)CSc2nc3ccccc3c(=O)n2CC2CCCO2)cc1. The Balaban J connectivity index is 1.43. The van der Waals surface area contributed by atoms with Gasteiger partial charge in [0.25, 0.3) is 5.56 Å². The number of nitrogens with zero attached hydrogens (tertiary/aromatic N) is 3. The van der Waals surface area contributed by atoms with Gasteiger partial charge in [-0.2, -0.15) is 0 Å². The van der Waals surface area contributed by atoms with Crippen molar-refractivity contribution in [2.75, 3.05) is 31.3 Å². The number of fused-ring (bicyclic) bond motifs is 1. The number of aromatic nitrogens is 2. The first-order valence-corrected chi connectivity index (χ1v) is 12.2. The minimum Gasteiger partial charge on any atom is -0.376 e. The third kappa shape index (κ3) is 5.84. The number of thioether (sulfide) groups is 1. The molecule has 1 atom stereocenters. The zero-order chi connectivity index (χ0) is 24.1. The lowest BCUT2D eigenvalue weighted by Gasteiger charge is -2.18. The molecule has 1 aliphatic rings. The molecule has 1 fully saturated rings. The summed E-state index contributed by atoms with van der Waals surface area (Å²) in [6, 6.07) is 14.7. The standard InChI is InChI=1S/C25H28N4O4S/c1-17-9-11-18(12-10-17)26-22(30)15-28(2)23(31)16-34-25-27-21-8-4-3-7-20(21)24(32)29(25)14-19-6-5-13-33-19/h3-4,7-12,19H,5-6,13-16H2,1-2H3,(H,26,30). The van der Waals surface area contributed by atoms with E-state index in [0.717, 1.165) is 18.4 Å². The number of amides is 2. The van der Waals surface area contributed by atoms with E-state index in [1.807, 2.05) is 43.3 Å². The fourth-order valence-corrected chi connectivity index (χ4v) is 4.74. The van der Waals surface area contributed by atoms with Crippen LogP contribution in [0.2, 0.25) is 0 Å². The molecule has 4 rings (SSSR count). The summed E-state index contributed by atoms with van der Waals surface area (Å²) in [5.41, 5.74) is 2.24. The van der Waals surface area contributed by atoms with Crippen molar-refractivity contribution in [1.29, 1.82) is 0 Å². The van der Waals surface area contributed by atoms with Crippen LogP contribution in [0.25, 0.3) is 10.9 Å². The zero-order valence-electron chi connectivity index (χ0n) is 19.3. The van der Waals surface area contributed by atoms with Crippen LogP contribution >= 0.6 is 11.8 Å². The second-order valence-corrected chi connectivity index (χ2v) is 9.36. The number of carbonyl (C=O) groups excluding carboxylic acids is 2. The van der Waals surface area contributed by atoms with Gasteiger partial charge in [0, 0.05) is 19.3 Å². The number of ether oxygens (including phenoxy) is 1. The number of para-hydroxylation sites is 1. The summed E-state index contributed by atoms with van der Waals surface area (Å²) < 4.78 is 7.34. The van der Waals surface area contributed by atoms with E-state index >= 15 is 0 Å². The van der Waals surface area contributed by atoms with Crippen LogP contribution in [0.1, 0.15) is 18.4 Å². The predicted octanol–water partition coefficient (Wildman–Crippen LogP) is 3.07. The second kappa shape index (κ2) is 10.8. The van der Waals surface area contributed by atoms with Gasteiger partial charge in [-0.3, -0.25) is 19.0 Å². The molecule has 2 heterocycles. The minimum absolute atomic E-state index is 0.0381. The maximum atomic E-state index is 13.2. The summed E-state index contributed by atoms with van der Waals surface area (Å²) in [5.74, 6) is -0.441. The number of hydrogen-bond donors (Lipinski definition) is 1. The molecule has 2 aromatic carbocycles. The Morgan fingerprint density at radius 3 is 2.71 bits per heavy atom. The first kappa shape index (κ1) is 24.0. The minimum atomic E-state index is -0.274. The Morgan fingerprint density at radius 2 is 1.97 bits per heavy atom. The molecule has 0 aliphatic carbocycles. The molecule has 0 radical (unpaired) electrons. The molecule has 2 amide bonds. The Morgan fingerprint density at radius 1 is 1.21 bits per heavy atom. The van der Waals surface area contributed by atoms with Crippen molar-refractivity contribution in [1.82, 2.24) is 14.5 Å². The molecule has 8 nitrogen and oxygen atoms in total. The van der Waals surface area contributed by atoms with Crippen LogP contribution in [0, 0.1) is 6.92 Å². The Bertz CT molecular complexity index is 1240. The second-order valence-electron chi connectivity index (χ2n) is 8.41. The fourth-order valence-electron chi connectivity index (χ4n) is 3.79. The van der Waals surface area contributed by atoms with Crippen molar-refractivity contribution in [2.24, 2.45) is 0 Å². The fraction of sp³-hybridized carbons (Fsp3) is 0.360. The highest BCUT2D eigenvalue weighted by atomic mass is 32.2. The number of anilines is 1. The van der Waals surface area contributed by atoms with E-state index in [-0.39, 0.29) is 35.8 Å². The average Bonchev–Trinajstić information content (AvgIpc) is 3.34. The number of nitrogens with one attached hydrogen (secondary N) is 1. The van der Waals surface area contributed by atoms with Crippen molar-refractivity contribution in [3.05, 3.63) is 64.4 Å². The number of rotatable bonds is 8. The van der Waals surface area contributed by atoms with Gasteiger partial charge in [-0.25, -0.2) is 4.98 Å². The quantitative estimate of drug-likeness (QED) is 0.393. The average molecular weight is 481 g/mol. The molecule has 0 bridgehead atoms. The summed E-state index contributed by atoms with van der Waals surface area (Å²) in [6.07, 6.45) is 1.82. The van der Waals surface area contributed by atoms with Crippen molar-refractivity contribution in [3.63, 3.8) is 0 Å². The van der Waals surface area contributed by atoms with Crippen molar-refractivity contribution in [3.8, 4) is 0 Å². The van der Waals surface area contributed by atoms with Crippen LogP contribution in [0.5, 0.6) is 0 Å². The molecule has 178 valence electrons. The number of carbonyl (C=O) groups is 2. The molecule has 34 heavy (non-hydrogen) atoms. The van der Waals surface area contributed by atoms with E-state index in [9.17, 15) is 14.4 Å². The van der Waals surface area contributed by atoms with Crippen LogP contribution in [0.3, 0.4) is 0 Å². The molecule has 1 saturated heterocycles. The Labute approximate surface area is 202 Å². The van der Waals surface area contributed by atoms with Crippen molar-refractivity contribution >= 4 is 40.2 Å². The van der Waals surface area contributed by atoms with Crippen LogP contribution in [0.4, 0.5) is 5.69 Å². The van der Waals surface area contributed by atoms with Crippen LogP contribution < -0.4 is 10.9 Å². The third-order valence-electron chi connectivity index (χ3n) is 5.70. The third-order valence-corrected chi connectivity index (χ3v) is 6.66. The van der Waals surface area contributed by atoms with Crippen molar-refractivity contribution in [2.45, 2.75) is 37.6 Å². The van der Waals surface area contributed by atoms with Gasteiger partial charge in [-0.15, -0.1) is 0 Å². The van der Waals surface area contributed by atoms with Crippen LogP contribution in [-0.2, 0) is 20.9 Å². The number of aryl methyl sites for hydroxylation is 1. The van der Waals surface area contributed by atoms with Gasteiger partial charge in [-0.05, 0) is 44.0 Å². The summed E-state index contributed by atoms with van der Waals surface area (Å²) in [6.45, 7) is 3.00. The first-order valence-electron chi connectivity index (χ1n) is 11.2. The zero-order valence-corrected chi connectivity index (χ0v) is 20.1. The topological polar surface area (TPSA) is 93.5 Å². The maximum absolute atomic E-state index is 13.2. The molecule has 1 N–H and O–H groups in total. The summed E-state index contributed by atoms with van der Waals surface area (Å²) in [7, 11) is 1.59. The molecular formula is C25H28N4O4S. The number of hydrogen-bond acceptors (Lipinski definition) is 6. The molecule has 1 aromatic heterocycles.